The SMILES string of the molecule is COCCNS(=O)(=O)N1CCCNc2ccccc21. The number of hydrogen-bond donors (Lipinski definition) is 2. The largest absolute Gasteiger partial charge is 0.383 e. The van der Waals surface area contributed by atoms with Crippen LogP contribution < -0.4 is 14.3 Å². The third-order valence-electron chi connectivity index (χ3n) is 2.91. The van der Waals surface area contributed by atoms with Crippen molar-refractivity contribution in [3.8, 4) is 0 Å². The van der Waals surface area contributed by atoms with Crippen molar-refractivity contribution < 1.29 is 13.2 Å². The smallest absolute Gasteiger partial charge is 0.301 e. The summed E-state index contributed by atoms with van der Waals surface area (Å²) in [6.45, 7) is 1.85. The number of nitrogens with one attached hydrogen (secondary N) is 2. The molecule has 0 spiro atoms. The number of para-hydroxylation sites is 2. The topological polar surface area (TPSA) is 70.7 Å². The van der Waals surface area contributed by atoms with Crippen molar-refractivity contribution in [1.29, 1.82) is 0 Å². The number of hydrogen-bond acceptors (Lipinski definition) is 4. The molecule has 1 aliphatic rings. The molecule has 0 unspecified atom stereocenters. The number of fused-ring (bicyclic) bond motifs is 1. The zero-order chi connectivity index (χ0) is 13.7. The van der Waals surface area contributed by atoms with E-state index in [1.807, 2.05) is 24.3 Å². The van der Waals surface area contributed by atoms with Crippen LogP contribution in [0.4, 0.5) is 11.4 Å². The molecule has 1 aliphatic heterocycles. The predicted molar refractivity (Wildman–Crippen MR) is 75.7 cm³/mol. The Labute approximate surface area is 113 Å². The fourth-order valence-corrected chi connectivity index (χ4v) is 3.29. The van der Waals surface area contributed by atoms with Gasteiger partial charge < -0.3 is 10.1 Å². The van der Waals surface area contributed by atoms with Gasteiger partial charge in [0.15, 0.2) is 0 Å². The Balaban J connectivity index is 2.23. The van der Waals surface area contributed by atoms with Crippen LogP contribution in [0.5, 0.6) is 0 Å². The van der Waals surface area contributed by atoms with Gasteiger partial charge in [0.25, 0.3) is 0 Å². The average Bonchev–Trinajstić information content (AvgIpc) is 2.61. The first-order valence-electron chi connectivity index (χ1n) is 6.24. The molecule has 7 heteroatoms. The Kier molecular flexibility index (Phi) is 4.62. The summed E-state index contributed by atoms with van der Waals surface area (Å²) in [5, 5.41) is 3.24. The number of anilines is 2. The third kappa shape index (κ3) is 3.37. The van der Waals surface area contributed by atoms with Gasteiger partial charge in [-0.05, 0) is 18.6 Å². The van der Waals surface area contributed by atoms with Gasteiger partial charge >= 0.3 is 10.2 Å². The lowest BCUT2D eigenvalue weighted by atomic mass is 10.2. The highest BCUT2D eigenvalue weighted by Crippen LogP contribution is 2.29. The van der Waals surface area contributed by atoms with E-state index in [9.17, 15) is 8.42 Å². The molecule has 0 atom stereocenters. The van der Waals surface area contributed by atoms with E-state index in [4.69, 9.17) is 4.74 Å². The lowest BCUT2D eigenvalue weighted by Crippen LogP contribution is -2.42. The van der Waals surface area contributed by atoms with Crippen LogP contribution in [0.1, 0.15) is 6.42 Å². The van der Waals surface area contributed by atoms with Crippen LogP contribution >= 0.6 is 0 Å². The molecule has 0 aliphatic carbocycles. The van der Waals surface area contributed by atoms with Crippen LogP contribution in [-0.2, 0) is 14.9 Å². The first kappa shape index (κ1) is 14.1. The summed E-state index contributed by atoms with van der Waals surface area (Å²) in [4.78, 5) is 0. The van der Waals surface area contributed by atoms with Crippen molar-refractivity contribution in [1.82, 2.24) is 4.72 Å². The Morgan fingerprint density at radius 2 is 2.21 bits per heavy atom. The minimum Gasteiger partial charge on any atom is -0.383 e. The molecule has 0 aromatic heterocycles. The van der Waals surface area contributed by atoms with Crippen LogP contribution in [0.15, 0.2) is 24.3 Å². The molecule has 2 rings (SSSR count). The van der Waals surface area contributed by atoms with Crippen molar-refractivity contribution >= 4 is 21.6 Å². The van der Waals surface area contributed by atoms with Gasteiger partial charge in [0.05, 0.1) is 18.0 Å². The van der Waals surface area contributed by atoms with E-state index in [0.717, 1.165) is 18.7 Å². The fraction of sp³-hybridized carbons (Fsp3) is 0.500. The molecule has 0 saturated carbocycles. The molecule has 19 heavy (non-hydrogen) atoms. The molecular weight excluding hydrogens is 266 g/mol. The summed E-state index contributed by atoms with van der Waals surface area (Å²) in [5.41, 5.74) is 1.53. The zero-order valence-corrected chi connectivity index (χ0v) is 11.7. The molecule has 0 radical (unpaired) electrons. The number of benzene rings is 1. The molecule has 1 heterocycles. The molecule has 1 aromatic rings. The zero-order valence-electron chi connectivity index (χ0n) is 10.9. The lowest BCUT2D eigenvalue weighted by molar-refractivity contribution is 0.204. The van der Waals surface area contributed by atoms with Gasteiger partial charge in [-0.1, -0.05) is 12.1 Å². The quantitative estimate of drug-likeness (QED) is 0.785. The molecular formula is C12H19N3O3S. The van der Waals surface area contributed by atoms with Crippen molar-refractivity contribution in [3.05, 3.63) is 24.3 Å². The first-order chi connectivity index (χ1) is 9.15. The van der Waals surface area contributed by atoms with Gasteiger partial charge in [0.2, 0.25) is 0 Å². The van der Waals surface area contributed by atoms with Crippen LogP contribution in [0, 0.1) is 0 Å². The number of nitrogens with zero attached hydrogens (tertiary/aromatic N) is 1. The maximum Gasteiger partial charge on any atom is 0.301 e. The monoisotopic (exact) mass is 285 g/mol. The number of methoxy groups -OCH3 is 1. The highest BCUT2D eigenvalue weighted by atomic mass is 32.2. The summed E-state index contributed by atoms with van der Waals surface area (Å²) in [6, 6.07) is 7.42. The molecule has 0 fully saturated rings. The van der Waals surface area contributed by atoms with Gasteiger partial charge in [-0.2, -0.15) is 13.1 Å². The van der Waals surface area contributed by atoms with Gasteiger partial charge in [0, 0.05) is 26.7 Å². The van der Waals surface area contributed by atoms with Crippen molar-refractivity contribution in [2.24, 2.45) is 0 Å². The van der Waals surface area contributed by atoms with Gasteiger partial charge in [0.1, 0.15) is 0 Å². The standard InChI is InChI=1S/C12H19N3O3S/c1-18-10-8-14-19(16,17)15-9-4-7-13-11-5-2-3-6-12(11)15/h2-3,5-6,13-14H,4,7-10H2,1H3. The van der Waals surface area contributed by atoms with E-state index in [0.29, 0.717) is 18.8 Å². The second-order valence-corrected chi connectivity index (χ2v) is 5.94. The molecule has 6 nitrogen and oxygen atoms in total. The minimum atomic E-state index is -3.53. The van der Waals surface area contributed by atoms with E-state index in [1.54, 1.807) is 7.11 Å². The average molecular weight is 285 g/mol. The highest BCUT2D eigenvalue weighted by Gasteiger charge is 2.25. The second-order valence-electron chi connectivity index (χ2n) is 4.26. The first-order valence-corrected chi connectivity index (χ1v) is 7.68. The maximum absolute atomic E-state index is 12.3. The van der Waals surface area contributed by atoms with Gasteiger partial charge in [-0.15, -0.1) is 0 Å². The molecule has 106 valence electrons. The summed E-state index contributed by atoms with van der Waals surface area (Å²) >= 11 is 0. The van der Waals surface area contributed by atoms with E-state index in [2.05, 4.69) is 10.0 Å². The molecule has 1 aromatic carbocycles. The maximum atomic E-state index is 12.3. The highest BCUT2D eigenvalue weighted by molar-refractivity contribution is 7.90. The van der Waals surface area contributed by atoms with E-state index in [-0.39, 0.29) is 6.54 Å². The molecule has 2 N–H and O–H groups in total. The Morgan fingerprint density at radius 1 is 1.42 bits per heavy atom. The van der Waals surface area contributed by atoms with E-state index in [1.165, 1.54) is 4.31 Å². The van der Waals surface area contributed by atoms with Crippen molar-refractivity contribution in [3.63, 3.8) is 0 Å². The van der Waals surface area contributed by atoms with Crippen LogP contribution in [0.25, 0.3) is 0 Å². The van der Waals surface area contributed by atoms with Gasteiger partial charge in [-0.3, -0.25) is 4.31 Å². The number of rotatable bonds is 5. The molecule has 0 bridgehead atoms. The van der Waals surface area contributed by atoms with Crippen LogP contribution in [0.2, 0.25) is 0 Å². The minimum absolute atomic E-state index is 0.269. The summed E-state index contributed by atoms with van der Waals surface area (Å²) in [5.74, 6) is 0. The van der Waals surface area contributed by atoms with E-state index < -0.39 is 10.2 Å². The van der Waals surface area contributed by atoms with Crippen molar-refractivity contribution in [2.75, 3.05) is 43.0 Å². The summed E-state index contributed by atoms with van der Waals surface area (Å²) in [7, 11) is -1.99. The predicted octanol–water partition coefficient (Wildman–Crippen LogP) is 0.789. The summed E-state index contributed by atoms with van der Waals surface area (Å²) < 4.78 is 33.4. The fourth-order valence-electron chi connectivity index (χ4n) is 2.01. The molecule has 0 saturated heterocycles. The third-order valence-corrected chi connectivity index (χ3v) is 4.44. The Morgan fingerprint density at radius 3 is 3.00 bits per heavy atom. The Hall–Kier alpha value is -1.31. The normalized spacial score (nSPS) is 15.5. The number of ether oxygens (including phenoxy) is 1. The molecule has 0 amide bonds. The van der Waals surface area contributed by atoms with Gasteiger partial charge in [-0.25, -0.2) is 0 Å². The second kappa shape index (κ2) is 6.23. The van der Waals surface area contributed by atoms with Crippen LogP contribution in [-0.4, -0.2) is 41.8 Å². The van der Waals surface area contributed by atoms with E-state index >= 15 is 0 Å². The van der Waals surface area contributed by atoms with Crippen LogP contribution in [0.3, 0.4) is 0 Å². The Bertz CT molecular complexity index is 519. The van der Waals surface area contributed by atoms with Crippen molar-refractivity contribution in [2.45, 2.75) is 6.42 Å². The summed E-state index contributed by atoms with van der Waals surface area (Å²) in [6.07, 6.45) is 0.764. The lowest BCUT2D eigenvalue weighted by Gasteiger charge is -2.24.